The Hall–Kier alpha value is -3.72. The van der Waals surface area contributed by atoms with Crippen molar-refractivity contribution < 1.29 is 23.9 Å². The monoisotopic (exact) mass is 476 g/mol. The van der Waals surface area contributed by atoms with Crippen LogP contribution in [0.4, 0.5) is 5.69 Å². The van der Waals surface area contributed by atoms with Crippen LogP contribution in [0, 0.1) is 25.7 Å². The van der Waals surface area contributed by atoms with Crippen molar-refractivity contribution >= 4 is 29.3 Å². The van der Waals surface area contributed by atoms with Crippen molar-refractivity contribution in [2.24, 2.45) is 17.6 Å². The molecule has 3 aliphatic rings. The second-order valence-electron chi connectivity index (χ2n) is 9.60. The molecule has 1 spiro atoms. The molecule has 0 bridgehead atoms. The molecule has 0 saturated carbocycles. The van der Waals surface area contributed by atoms with E-state index in [1.165, 1.54) is 12.0 Å². The number of nitrogens with one attached hydrogen (secondary N) is 2. The maximum atomic E-state index is 13.9. The van der Waals surface area contributed by atoms with Crippen LogP contribution in [0.1, 0.15) is 35.1 Å². The smallest absolute Gasteiger partial charge is 0.250 e. The maximum absolute atomic E-state index is 13.9. The van der Waals surface area contributed by atoms with Crippen LogP contribution in [0.15, 0.2) is 36.4 Å². The highest BCUT2D eigenvalue weighted by atomic mass is 16.5. The van der Waals surface area contributed by atoms with Gasteiger partial charge in [-0.15, -0.1) is 0 Å². The molecule has 5 rings (SSSR count). The van der Waals surface area contributed by atoms with Gasteiger partial charge in [0.1, 0.15) is 11.3 Å². The molecule has 2 saturated heterocycles. The maximum Gasteiger partial charge on any atom is 0.250 e. The number of benzene rings is 2. The number of ether oxygens (including phenoxy) is 1. The number of methoxy groups -OCH3 is 1. The Kier molecular flexibility index (Phi) is 5.40. The minimum atomic E-state index is -1.40. The number of amides is 4. The third kappa shape index (κ3) is 3.33. The average Bonchev–Trinajstić information content (AvgIpc) is 3.39. The van der Waals surface area contributed by atoms with E-state index < -0.39 is 35.2 Å². The van der Waals surface area contributed by atoms with Gasteiger partial charge in [0.2, 0.25) is 23.6 Å². The third-order valence-electron chi connectivity index (χ3n) is 7.48. The topological polar surface area (TPSA) is 131 Å². The summed E-state index contributed by atoms with van der Waals surface area (Å²) in [4.78, 5) is 54.0. The van der Waals surface area contributed by atoms with Crippen LogP contribution >= 0.6 is 0 Å². The summed E-state index contributed by atoms with van der Waals surface area (Å²) < 4.78 is 5.41. The Bertz CT molecular complexity index is 1270. The van der Waals surface area contributed by atoms with Gasteiger partial charge in [0.25, 0.3) is 0 Å². The van der Waals surface area contributed by atoms with Gasteiger partial charge in [0, 0.05) is 29.3 Å². The number of carbonyl (C=O) groups excluding carboxylic acids is 4. The predicted molar refractivity (Wildman–Crippen MR) is 127 cm³/mol. The number of anilines is 1. The molecule has 182 valence electrons. The van der Waals surface area contributed by atoms with Crippen molar-refractivity contribution in [3.8, 4) is 5.75 Å². The fraction of sp³-hybridized carbons (Fsp3) is 0.385. The summed E-state index contributed by atoms with van der Waals surface area (Å²) in [5.41, 5.74) is 7.83. The van der Waals surface area contributed by atoms with Gasteiger partial charge in [-0.3, -0.25) is 29.4 Å². The van der Waals surface area contributed by atoms with Crippen LogP contribution in [-0.4, -0.2) is 41.7 Å². The SMILES string of the molecule is COc1ccccc1CN1C(=O)C2C(CCC(N)=O)NC3(C(=O)Nc4c(C)cc(C)cc43)C2C1=O. The van der Waals surface area contributed by atoms with E-state index in [0.717, 1.165) is 11.1 Å². The van der Waals surface area contributed by atoms with Gasteiger partial charge >= 0.3 is 0 Å². The Morgan fingerprint density at radius 3 is 2.60 bits per heavy atom. The van der Waals surface area contributed by atoms with Crippen molar-refractivity contribution in [2.45, 2.75) is 44.8 Å². The van der Waals surface area contributed by atoms with Gasteiger partial charge in [0.15, 0.2) is 0 Å². The van der Waals surface area contributed by atoms with Gasteiger partial charge in [-0.05, 0) is 31.9 Å². The van der Waals surface area contributed by atoms with Crippen LogP contribution in [-0.2, 0) is 31.3 Å². The molecule has 9 heteroatoms. The molecule has 2 aromatic rings. The first-order chi connectivity index (χ1) is 16.7. The van der Waals surface area contributed by atoms with Crippen LogP contribution < -0.4 is 21.1 Å². The first kappa shape index (κ1) is 23.0. The number of rotatable bonds is 6. The van der Waals surface area contributed by atoms with E-state index in [2.05, 4.69) is 10.6 Å². The molecule has 0 radical (unpaired) electrons. The largest absolute Gasteiger partial charge is 0.496 e. The van der Waals surface area contributed by atoms with Gasteiger partial charge in [-0.25, -0.2) is 0 Å². The molecule has 4 amide bonds. The molecular weight excluding hydrogens is 448 g/mol. The summed E-state index contributed by atoms with van der Waals surface area (Å²) in [5, 5.41) is 6.29. The lowest BCUT2D eigenvalue weighted by atomic mass is 9.75. The second kappa shape index (κ2) is 8.20. The quantitative estimate of drug-likeness (QED) is 0.542. The fourth-order valence-electron chi connectivity index (χ4n) is 6.02. The molecule has 9 nitrogen and oxygen atoms in total. The lowest BCUT2D eigenvalue weighted by molar-refractivity contribution is -0.143. The number of hydrogen-bond donors (Lipinski definition) is 3. The Morgan fingerprint density at radius 2 is 1.89 bits per heavy atom. The average molecular weight is 477 g/mol. The number of carbonyl (C=O) groups is 4. The van der Waals surface area contributed by atoms with Gasteiger partial charge < -0.3 is 15.8 Å². The number of fused-ring (bicyclic) bond motifs is 4. The van der Waals surface area contributed by atoms with Gasteiger partial charge in [-0.2, -0.15) is 0 Å². The van der Waals surface area contributed by atoms with Crippen LogP contribution in [0.25, 0.3) is 0 Å². The van der Waals surface area contributed by atoms with Gasteiger partial charge in [0.05, 0.1) is 25.5 Å². The van der Waals surface area contributed by atoms with E-state index in [1.54, 1.807) is 12.1 Å². The number of nitrogens with zero attached hydrogens (tertiary/aromatic N) is 1. The molecule has 4 N–H and O–H groups in total. The Morgan fingerprint density at radius 1 is 1.14 bits per heavy atom. The summed E-state index contributed by atoms with van der Waals surface area (Å²) >= 11 is 0. The van der Waals surface area contributed by atoms with Crippen molar-refractivity contribution in [2.75, 3.05) is 12.4 Å². The van der Waals surface area contributed by atoms with Crippen LogP contribution in [0.3, 0.4) is 0 Å². The normalized spacial score (nSPS) is 26.8. The van der Waals surface area contributed by atoms with Crippen LogP contribution in [0.2, 0.25) is 0 Å². The highest BCUT2D eigenvalue weighted by Crippen LogP contribution is 2.54. The zero-order valence-corrected chi connectivity index (χ0v) is 19.9. The molecular formula is C26H28N4O5. The highest BCUT2D eigenvalue weighted by Gasteiger charge is 2.70. The molecule has 2 aromatic carbocycles. The minimum absolute atomic E-state index is 0.0340. The Balaban J connectivity index is 1.61. The first-order valence-electron chi connectivity index (χ1n) is 11.6. The third-order valence-corrected chi connectivity index (χ3v) is 7.48. The summed E-state index contributed by atoms with van der Waals surface area (Å²) in [6.45, 7) is 3.86. The van der Waals surface area contributed by atoms with Crippen molar-refractivity contribution in [1.29, 1.82) is 0 Å². The number of primary amides is 1. The van der Waals surface area contributed by atoms with Crippen molar-refractivity contribution in [3.05, 3.63) is 58.7 Å². The molecule has 35 heavy (non-hydrogen) atoms. The predicted octanol–water partition coefficient (Wildman–Crippen LogP) is 1.50. The summed E-state index contributed by atoms with van der Waals surface area (Å²) in [6, 6.07) is 10.5. The van der Waals surface area contributed by atoms with E-state index in [1.807, 2.05) is 38.1 Å². The second-order valence-corrected chi connectivity index (χ2v) is 9.60. The lowest BCUT2D eigenvalue weighted by Gasteiger charge is -2.30. The van der Waals surface area contributed by atoms with Crippen LogP contribution in [0.5, 0.6) is 5.75 Å². The molecule has 4 unspecified atom stereocenters. The van der Waals surface area contributed by atoms with E-state index in [9.17, 15) is 19.2 Å². The summed E-state index contributed by atoms with van der Waals surface area (Å²) in [7, 11) is 1.53. The van der Waals surface area contributed by atoms with Crippen molar-refractivity contribution in [1.82, 2.24) is 10.2 Å². The standard InChI is InChI=1S/C26H28N4O5/c1-13-10-14(2)22-16(11-13)26(25(34)28-22)21-20(17(29-26)8-9-19(27)31)23(32)30(24(21)33)12-15-6-4-5-7-18(15)35-3/h4-7,10-11,17,20-21,29H,8-9,12H2,1-3H3,(H2,27,31)(H,28,34). The molecule has 3 aliphatic heterocycles. The summed E-state index contributed by atoms with van der Waals surface area (Å²) in [6.07, 6.45) is 0.277. The minimum Gasteiger partial charge on any atom is -0.496 e. The number of likely N-dealkylation sites (tertiary alicyclic amines) is 1. The van der Waals surface area contributed by atoms with Gasteiger partial charge in [-0.1, -0.05) is 35.9 Å². The first-order valence-corrected chi connectivity index (χ1v) is 11.6. The van der Waals surface area contributed by atoms with E-state index in [-0.39, 0.29) is 31.2 Å². The Labute approximate surface area is 203 Å². The number of para-hydroxylation sites is 1. The molecule has 4 atom stereocenters. The molecule has 3 heterocycles. The number of imide groups is 1. The lowest BCUT2D eigenvalue weighted by Crippen LogP contribution is -2.53. The summed E-state index contributed by atoms with van der Waals surface area (Å²) in [5.74, 6) is -2.82. The van der Waals surface area contributed by atoms with E-state index >= 15 is 0 Å². The molecule has 0 aliphatic carbocycles. The van der Waals surface area contributed by atoms with Crippen molar-refractivity contribution in [3.63, 3.8) is 0 Å². The zero-order chi connectivity index (χ0) is 25.1. The number of nitrogens with two attached hydrogens (primary N) is 1. The van der Waals surface area contributed by atoms with E-state index in [0.29, 0.717) is 22.6 Å². The molecule has 2 fully saturated rings. The zero-order valence-electron chi connectivity index (χ0n) is 19.9. The number of hydrogen-bond acceptors (Lipinski definition) is 6. The molecule has 0 aromatic heterocycles. The highest BCUT2D eigenvalue weighted by molar-refractivity contribution is 6.15. The van der Waals surface area contributed by atoms with E-state index in [4.69, 9.17) is 10.5 Å². The number of aryl methyl sites for hydroxylation is 2. The fourth-order valence-corrected chi connectivity index (χ4v) is 6.02.